The van der Waals surface area contributed by atoms with Gasteiger partial charge in [0.25, 0.3) is 0 Å². The van der Waals surface area contributed by atoms with E-state index in [1.165, 1.54) is 22.3 Å². The second kappa shape index (κ2) is 38.4. The van der Waals surface area contributed by atoms with Gasteiger partial charge in [-0.3, -0.25) is 45.6 Å². The first-order valence-corrected chi connectivity index (χ1v) is 45.3. The van der Waals surface area contributed by atoms with E-state index in [1.807, 2.05) is 231 Å². The third-order valence-electron chi connectivity index (χ3n) is 25.0. The number of aromatic nitrogens is 27. The molecule has 32 nitrogen and oxygen atoms in total. The highest BCUT2D eigenvalue weighted by Gasteiger charge is 2.25. The standard InChI is InChI=1S/C28H25N7O.C27H28N6O2.2C25H25N7O/c1-18(2)21-8-4-5-9-22(21)25-29-16-23-27(30-25)35(28(36)33(23)3)17-19-11-13-20(14-12-19)26-32-31-24-10-6-7-15-34(24)26;1-17(2)20-7-5-6-8-21(20)25-28-13-22-26(30-25)33(27(35)32(22)4)14-18-9-11-19(12-10-18)24-23(15-34)31(3)16-29-24;1-16(2)19-7-5-6-8-20(19)23-26-13-22-24(28-23)32(25(33)30(22)3)15-17-9-11-18(12-10-17)21-14-27-29-31(21)4;1-16(2)19-7-5-6-8-20(19)23-26-13-22-24(27-23)32(25(33)31(22)4)14-17-9-11-18(12-10-17)21-15-30(3)29-28-21/h4-16,18H,17H2,1-3H3;5-13,16-17,34H,14-15H2,1-4H3;5-14,16H,15H2,1-4H3;5-13,15-16H,14H2,1-4H3. The quantitative estimate of drug-likeness (QED) is 0.0698. The van der Waals surface area contributed by atoms with Gasteiger partial charge in [-0.25, -0.2) is 68.7 Å². The Morgan fingerprint density at radius 2 is 0.686 bits per heavy atom. The summed E-state index contributed by atoms with van der Waals surface area (Å²) in [4.78, 5) is 94.6. The number of rotatable bonds is 21. The van der Waals surface area contributed by atoms with Gasteiger partial charge in [0, 0.05) is 100 Å². The highest BCUT2D eigenvalue weighted by molar-refractivity contribution is 5.79. The zero-order chi connectivity index (χ0) is 95.7. The lowest BCUT2D eigenvalue weighted by molar-refractivity contribution is 0.273. The van der Waals surface area contributed by atoms with E-state index in [0.717, 1.165) is 101 Å². The molecule has 0 unspecified atom stereocenters. The summed E-state index contributed by atoms with van der Waals surface area (Å²) in [6.45, 7) is 18.8. The van der Waals surface area contributed by atoms with E-state index < -0.39 is 0 Å². The van der Waals surface area contributed by atoms with Crippen LogP contribution in [0.15, 0.2) is 281 Å². The monoisotopic (exact) mass is 1820 g/mol. The van der Waals surface area contributed by atoms with Crippen LogP contribution >= 0.6 is 0 Å². The number of aryl methyl sites for hydroxylation is 7. The van der Waals surface area contributed by atoms with Crippen molar-refractivity contribution < 1.29 is 5.11 Å². The van der Waals surface area contributed by atoms with Crippen LogP contribution in [0.2, 0.25) is 0 Å². The van der Waals surface area contributed by atoms with Crippen molar-refractivity contribution in [1.82, 2.24) is 131 Å². The number of fused-ring (bicyclic) bond motifs is 5. The molecular formula is C105H103N27O5. The minimum atomic E-state index is -0.139. The number of aliphatic hydroxyl groups excluding tert-OH is 1. The molecule has 0 saturated carbocycles. The maximum atomic E-state index is 13.2. The second-order valence-corrected chi connectivity index (χ2v) is 35.4. The van der Waals surface area contributed by atoms with Crippen molar-refractivity contribution >= 4 is 50.3 Å². The first-order valence-electron chi connectivity index (χ1n) is 45.3. The van der Waals surface area contributed by atoms with Crippen LogP contribution in [-0.2, 0) is 82.1 Å². The van der Waals surface area contributed by atoms with Gasteiger partial charge >= 0.3 is 22.8 Å². The Bertz CT molecular complexity index is 8290. The lowest BCUT2D eigenvalue weighted by atomic mass is 9.97. The normalized spacial score (nSPS) is 11.6. The van der Waals surface area contributed by atoms with Crippen LogP contribution in [0.4, 0.5) is 0 Å². The molecule has 0 spiro atoms. The molecule has 0 aliphatic heterocycles. The summed E-state index contributed by atoms with van der Waals surface area (Å²) >= 11 is 0. The highest BCUT2D eigenvalue weighted by atomic mass is 16.3. The average Bonchev–Trinajstić information content (AvgIpc) is 1.62. The fourth-order valence-corrected chi connectivity index (χ4v) is 17.4. The summed E-state index contributed by atoms with van der Waals surface area (Å²) < 4.78 is 20.4. The summed E-state index contributed by atoms with van der Waals surface area (Å²) in [6.07, 6.45) is 14.2. The Labute approximate surface area is 787 Å². The van der Waals surface area contributed by atoms with Crippen LogP contribution in [-0.4, -0.2) is 136 Å². The Kier molecular flexibility index (Phi) is 25.5. The number of imidazole rings is 5. The number of benzene rings is 8. The van der Waals surface area contributed by atoms with E-state index >= 15 is 0 Å². The van der Waals surface area contributed by atoms with Crippen LogP contribution < -0.4 is 22.8 Å². The van der Waals surface area contributed by atoms with E-state index in [4.69, 9.17) is 19.9 Å². The van der Waals surface area contributed by atoms with E-state index in [1.54, 1.807) is 111 Å². The van der Waals surface area contributed by atoms with Gasteiger partial charge in [0.1, 0.15) is 27.8 Å². The Balaban J connectivity index is 0.000000122. The van der Waals surface area contributed by atoms with Crippen molar-refractivity contribution in [3.05, 3.63) is 354 Å². The Morgan fingerprint density at radius 1 is 0.343 bits per heavy atom. The van der Waals surface area contributed by atoms with E-state index in [0.29, 0.717) is 118 Å². The summed E-state index contributed by atoms with van der Waals surface area (Å²) in [7, 11) is 12.6. The number of aliphatic hydroxyl groups is 1. The molecule has 13 aromatic heterocycles. The predicted octanol–water partition coefficient (Wildman–Crippen LogP) is 16.1. The van der Waals surface area contributed by atoms with Crippen molar-refractivity contribution in [3.63, 3.8) is 0 Å². The topological polar surface area (TPSA) is 340 Å². The van der Waals surface area contributed by atoms with Gasteiger partial charge < -0.3 is 9.67 Å². The maximum Gasteiger partial charge on any atom is 0.330 e. The summed E-state index contributed by atoms with van der Waals surface area (Å²) in [5.41, 5.74) is 25.4. The smallest absolute Gasteiger partial charge is 0.330 e. The maximum absolute atomic E-state index is 13.2. The highest BCUT2D eigenvalue weighted by Crippen LogP contribution is 2.35. The zero-order valence-electron chi connectivity index (χ0n) is 78.8. The van der Waals surface area contributed by atoms with Gasteiger partial charge in [-0.15, -0.1) is 20.4 Å². The molecule has 0 radical (unpaired) electrons. The van der Waals surface area contributed by atoms with Crippen LogP contribution in [0.5, 0.6) is 0 Å². The van der Waals surface area contributed by atoms with Gasteiger partial charge in [0.15, 0.2) is 57.4 Å². The summed E-state index contributed by atoms with van der Waals surface area (Å²) in [5.74, 6) is 4.61. The Morgan fingerprint density at radius 3 is 1.02 bits per heavy atom. The minimum absolute atomic E-state index is 0.0824. The van der Waals surface area contributed by atoms with Gasteiger partial charge in [-0.05, 0) is 80.3 Å². The molecule has 0 aliphatic carbocycles. The molecule has 137 heavy (non-hydrogen) atoms. The first-order chi connectivity index (χ1) is 66.2. The molecule has 688 valence electrons. The third-order valence-corrected chi connectivity index (χ3v) is 25.0. The fraction of sp³-hybridized carbons (Fsp3) is 0.229. The lowest BCUT2D eigenvalue weighted by Crippen LogP contribution is -2.22. The molecule has 0 amide bonds. The molecule has 0 atom stereocenters. The van der Waals surface area contributed by atoms with E-state index in [-0.39, 0.29) is 29.4 Å². The van der Waals surface area contributed by atoms with Crippen LogP contribution in [0.3, 0.4) is 0 Å². The average molecular weight is 1820 g/mol. The molecule has 21 aromatic rings. The number of hydrogen-bond acceptors (Lipinski definition) is 20. The molecule has 13 heterocycles. The second-order valence-electron chi connectivity index (χ2n) is 35.4. The lowest BCUT2D eigenvalue weighted by Gasteiger charge is -2.11. The molecule has 0 bridgehead atoms. The Hall–Kier alpha value is -16.8. The molecule has 0 saturated heterocycles. The van der Waals surface area contributed by atoms with Crippen molar-refractivity contribution in [2.75, 3.05) is 0 Å². The van der Waals surface area contributed by atoms with Crippen molar-refractivity contribution in [1.29, 1.82) is 0 Å². The predicted molar refractivity (Wildman–Crippen MR) is 531 cm³/mol. The van der Waals surface area contributed by atoms with Crippen molar-refractivity contribution in [2.24, 2.45) is 49.3 Å². The van der Waals surface area contributed by atoms with Crippen LogP contribution in [0.25, 0.3) is 141 Å². The molecule has 21 rings (SSSR count). The summed E-state index contributed by atoms with van der Waals surface area (Å²) in [6, 6.07) is 70.4. The van der Waals surface area contributed by atoms with Gasteiger partial charge in [0.2, 0.25) is 0 Å². The fourth-order valence-electron chi connectivity index (χ4n) is 17.4. The molecule has 1 N–H and O–H groups in total. The summed E-state index contributed by atoms with van der Waals surface area (Å²) in [5, 5.41) is 34.3. The van der Waals surface area contributed by atoms with E-state index in [2.05, 4.69) is 135 Å². The van der Waals surface area contributed by atoms with Crippen LogP contribution in [0.1, 0.15) is 129 Å². The van der Waals surface area contributed by atoms with Crippen LogP contribution in [0, 0.1) is 0 Å². The first kappa shape index (κ1) is 90.8. The van der Waals surface area contributed by atoms with Crippen molar-refractivity contribution in [3.8, 4) is 90.7 Å². The third kappa shape index (κ3) is 18.1. The number of hydrogen-bond donors (Lipinski definition) is 1. The molecule has 8 aromatic carbocycles. The van der Waals surface area contributed by atoms with E-state index in [9.17, 15) is 24.3 Å². The molecule has 32 heteroatoms. The largest absolute Gasteiger partial charge is 0.390 e. The van der Waals surface area contributed by atoms with Gasteiger partial charge in [-0.1, -0.05) is 266 Å². The molecule has 0 fully saturated rings. The molecule has 0 aliphatic rings. The SMILES string of the molecule is CC(C)c1ccccc1-c1ncc2c(n1)n(Cc1ccc(-c3cn(C)nn3)cc1)c(=O)n2C.CC(C)c1ccccc1-c1ncc2c(n1)n(Cc1ccc(-c3cnnn3C)cc1)c(=O)n2C.CC(C)c1ccccc1-c1ncc2c(n1)n(Cc1ccc(-c3ncn(C)c3CO)cc1)c(=O)n2C.CC(C)c1ccccc1-c1ncc2c(n1)n(Cc1ccc(-c3nnc4ccccn34)cc1)c(=O)n2C. The van der Waals surface area contributed by atoms with Crippen molar-refractivity contribution in [2.45, 2.75) is 112 Å². The minimum Gasteiger partial charge on any atom is -0.390 e. The number of nitrogens with zero attached hydrogens (tertiary/aromatic N) is 27. The van der Waals surface area contributed by atoms with Gasteiger partial charge in [-0.2, -0.15) is 0 Å². The van der Waals surface area contributed by atoms with Gasteiger partial charge in [0.05, 0.1) is 93.4 Å². The molecular weight excluding hydrogens is 1720 g/mol. The number of pyridine rings is 1. The zero-order valence-corrected chi connectivity index (χ0v) is 78.8.